The molecule has 3 unspecified atom stereocenters. The maximum Gasteiger partial charge on any atom is 0.0942 e. The Morgan fingerprint density at radius 3 is 2.89 bits per heavy atom. The highest BCUT2D eigenvalue weighted by Gasteiger charge is 2.29. The minimum absolute atomic E-state index is 0.346. The Balaban J connectivity index is 2.00. The van der Waals surface area contributed by atoms with Gasteiger partial charge >= 0.3 is 0 Å². The lowest BCUT2D eigenvalue weighted by Gasteiger charge is -2.33. The lowest BCUT2D eigenvalue weighted by Crippen LogP contribution is -2.38. The fourth-order valence-corrected chi connectivity index (χ4v) is 4.31. The second-order valence-corrected chi connectivity index (χ2v) is 6.79. The summed E-state index contributed by atoms with van der Waals surface area (Å²) in [6.45, 7) is 4.33. The lowest BCUT2D eigenvalue weighted by atomic mass is 9.83. The molecular weight excluding hydrogens is 242 g/mol. The van der Waals surface area contributed by atoms with E-state index in [0.717, 1.165) is 11.6 Å². The van der Waals surface area contributed by atoms with Gasteiger partial charge in [-0.1, -0.05) is 19.8 Å². The van der Waals surface area contributed by atoms with E-state index in [1.807, 2.05) is 30.4 Å². The number of aromatic nitrogens is 2. The third-order valence-electron chi connectivity index (χ3n) is 3.88. The molecule has 0 saturated heterocycles. The van der Waals surface area contributed by atoms with Gasteiger partial charge < -0.3 is 5.73 Å². The SMILES string of the molecule is CCCC1CCC(N)C(Sc2cc(C)nn2C)C1. The van der Waals surface area contributed by atoms with Crippen LogP contribution in [-0.2, 0) is 7.05 Å². The van der Waals surface area contributed by atoms with Gasteiger partial charge in [-0.2, -0.15) is 5.10 Å². The van der Waals surface area contributed by atoms with Gasteiger partial charge in [-0.25, -0.2) is 0 Å². The van der Waals surface area contributed by atoms with Crippen LogP contribution in [-0.4, -0.2) is 21.1 Å². The van der Waals surface area contributed by atoms with Crippen LogP contribution in [0.5, 0.6) is 0 Å². The quantitative estimate of drug-likeness (QED) is 0.911. The highest BCUT2D eigenvalue weighted by Crippen LogP contribution is 2.37. The summed E-state index contributed by atoms with van der Waals surface area (Å²) >= 11 is 1.93. The van der Waals surface area contributed by atoms with Crippen molar-refractivity contribution < 1.29 is 0 Å². The number of thioether (sulfide) groups is 1. The van der Waals surface area contributed by atoms with Gasteiger partial charge in [0.2, 0.25) is 0 Å². The Hall–Kier alpha value is -0.480. The van der Waals surface area contributed by atoms with Crippen molar-refractivity contribution in [2.75, 3.05) is 0 Å². The van der Waals surface area contributed by atoms with Crippen LogP contribution in [0.25, 0.3) is 0 Å². The van der Waals surface area contributed by atoms with Crippen LogP contribution in [0.3, 0.4) is 0 Å². The van der Waals surface area contributed by atoms with E-state index < -0.39 is 0 Å². The zero-order valence-electron chi connectivity index (χ0n) is 11.7. The molecule has 1 aliphatic rings. The first-order valence-electron chi connectivity index (χ1n) is 7.03. The molecule has 0 radical (unpaired) electrons. The van der Waals surface area contributed by atoms with E-state index in [1.54, 1.807) is 0 Å². The van der Waals surface area contributed by atoms with E-state index in [1.165, 1.54) is 37.1 Å². The molecule has 1 fully saturated rings. The third kappa shape index (κ3) is 3.29. The van der Waals surface area contributed by atoms with Crippen molar-refractivity contribution in [2.45, 2.75) is 62.3 Å². The summed E-state index contributed by atoms with van der Waals surface area (Å²) in [5.41, 5.74) is 7.38. The summed E-state index contributed by atoms with van der Waals surface area (Å²) in [6.07, 6.45) is 6.41. The van der Waals surface area contributed by atoms with Crippen LogP contribution in [0, 0.1) is 12.8 Å². The number of nitrogens with zero attached hydrogens (tertiary/aromatic N) is 2. The van der Waals surface area contributed by atoms with E-state index in [0.29, 0.717) is 11.3 Å². The number of aryl methyl sites for hydroxylation is 2. The highest BCUT2D eigenvalue weighted by molar-refractivity contribution is 7.99. The van der Waals surface area contributed by atoms with Gasteiger partial charge in [0.15, 0.2) is 0 Å². The predicted octanol–water partition coefficient (Wildman–Crippen LogP) is 3.12. The number of rotatable bonds is 4. The maximum absolute atomic E-state index is 6.29. The smallest absolute Gasteiger partial charge is 0.0942 e. The van der Waals surface area contributed by atoms with Crippen molar-refractivity contribution in [3.8, 4) is 0 Å². The summed E-state index contributed by atoms with van der Waals surface area (Å²) in [4.78, 5) is 0. The average molecular weight is 267 g/mol. The van der Waals surface area contributed by atoms with Crippen LogP contribution in [0.2, 0.25) is 0 Å². The van der Waals surface area contributed by atoms with Crippen LogP contribution in [0.15, 0.2) is 11.1 Å². The molecule has 1 aromatic heterocycles. The van der Waals surface area contributed by atoms with Crippen LogP contribution in [0.4, 0.5) is 0 Å². The molecule has 0 aromatic carbocycles. The monoisotopic (exact) mass is 267 g/mol. The molecule has 1 aromatic rings. The first-order valence-corrected chi connectivity index (χ1v) is 7.91. The largest absolute Gasteiger partial charge is 0.327 e. The van der Waals surface area contributed by atoms with Gasteiger partial charge in [-0.05, 0) is 38.2 Å². The standard InChI is InChI=1S/C14H25N3S/c1-4-5-11-6-7-12(15)13(9-11)18-14-8-10(2)16-17(14)3/h8,11-13H,4-7,9,15H2,1-3H3. The Labute approximate surface area is 115 Å². The second kappa shape index (κ2) is 6.11. The van der Waals surface area contributed by atoms with Crippen LogP contribution >= 0.6 is 11.8 Å². The molecule has 2 N–H and O–H groups in total. The molecule has 18 heavy (non-hydrogen) atoms. The number of nitrogens with two attached hydrogens (primary N) is 1. The number of hydrogen-bond acceptors (Lipinski definition) is 3. The average Bonchev–Trinajstić information content (AvgIpc) is 2.62. The fourth-order valence-electron chi connectivity index (χ4n) is 2.89. The summed E-state index contributed by atoms with van der Waals surface area (Å²) < 4.78 is 1.98. The molecule has 0 aliphatic heterocycles. The molecule has 2 rings (SSSR count). The van der Waals surface area contributed by atoms with Gasteiger partial charge in [-0.15, -0.1) is 11.8 Å². The van der Waals surface area contributed by atoms with E-state index in [-0.39, 0.29) is 0 Å². The van der Waals surface area contributed by atoms with Crippen LogP contribution in [0.1, 0.15) is 44.7 Å². The summed E-state index contributed by atoms with van der Waals surface area (Å²) in [5.74, 6) is 0.877. The van der Waals surface area contributed by atoms with Crippen molar-refractivity contribution >= 4 is 11.8 Å². The molecule has 3 nitrogen and oxygen atoms in total. The van der Waals surface area contributed by atoms with E-state index in [2.05, 4.69) is 18.1 Å². The Bertz CT molecular complexity index is 388. The first kappa shape index (κ1) is 13.9. The Morgan fingerprint density at radius 2 is 2.28 bits per heavy atom. The van der Waals surface area contributed by atoms with E-state index in [4.69, 9.17) is 5.73 Å². The molecule has 0 amide bonds. The zero-order chi connectivity index (χ0) is 13.1. The molecule has 1 aliphatic carbocycles. The molecule has 102 valence electrons. The minimum Gasteiger partial charge on any atom is -0.327 e. The van der Waals surface area contributed by atoms with Gasteiger partial charge in [0.1, 0.15) is 0 Å². The molecule has 4 heteroatoms. The maximum atomic E-state index is 6.29. The van der Waals surface area contributed by atoms with Crippen molar-refractivity contribution in [2.24, 2.45) is 18.7 Å². The van der Waals surface area contributed by atoms with Crippen molar-refractivity contribution in [3.63, 3.8) is 0 Å². The predicted molar refractivity (Wildman–Crippen MR) is 77.8 cm³/mol. The highest BCUT2D eigenvalue weighted by atomic mass is 32.2. The Morgan fingerprint density at radius 1 is 1.50 bits per heavy atom. The minimum atomic E-state index is 0.346. The topological polar surface area (TPSA) is 43.8 Å². The fraction of sp³-hybridized carbons (Fsp3) is 0.786. The van der Waals surface area contributed by atoms with Crippen molar-refractivity contribution in [1.29, 1.82) is 0 Å². The summed E-state index contributed by atoms with van der Waals surface area (Å²) in [7, 11) is 2.02. The van der Waals surface area contributed by atoms with E-state index >= 15 is 0 Å². The normalized spacial score (nSPS) is 28.6. The molecule has 3 atom stereocenters. The summed E-state index contributed by atoms with van der Waals surface area (Å²) in [5, 5.41) is 6.23. The molecule has 0 spiro atoms. The second-order valence-electron chi connectivity index (χ2n) is 5.54. The van der Waals surface area contributed by atoms with Gasteiger partial charge in [-0.3, -0.25) is 4.68 Å². The molecular formula is C14H25N3S. The van der Waals surface area contributed by atoms with Crippen molar-refractivity contribution in [3.05, 3.63) is 11.8 Å². The van der Waals surface area contributed by atoms with Gasteiger partial charge in [0.25, 0.3) is 0 Å². The van der Waals surface area contributed by atoms with Gasteiger partial charge in [0.05, 0.1) is 10.7 Å². The van der Waals surface area contributed by atoms with Crippen molar-refractivity contribution in [1.82, 2.24) is 9.78 Å². The zero-order valence-corrected chi connectivity index (χ0v) is 12.5. The third-order valence-corrected chi connectivity index (χ3v) is 5.35. The van der Waals surface area contributed by atoms with Gasteiger partial charge in [0, 0.05) is 18.3 Å². The Kier molecular flexibility index (Phi) is 4.73. The molecule has 1 saturated carbocycles. The van der Waals surface area contributed by atoms with E-state index in [9.17, 15) is 0 Å². The molecule has 0 bridgehead atoms. The molecule has 1 heterocycles. The number of hydrogen-bond donors (Lipinski definition) is 1. The van der Waals surface area contributed by atoms with Crippen LogP contribution < -0.4 is 5.73 Å². The lowest BCUT2D eigenvalue weighted by molar-refractivity contribution is 0.316. The summed E-state index contributed by atoms with van der Waals surface area (Å²) in [6, 6.07) is 2.51. The first-order chi connectivity index (χ1) is 8.60.